The number of carbonyl (C=O) groups is 2. The Morgan fingerprint density at radius 2 is 1.73 bits per heavy atom. The highest BCUT2D eigenvalue weighted by atomic mass is 35.5. The minimum atomic E-state index is -0.468. The quantitative estimate of drug-likeness (QED) is 0.364. The number of hydrogen-bond acceptors (Lipinski definition) is 3. The Morgan fingerprint density at radius 3 is 2.33 bits per heavy atom. The van der Waals surface area contributed by atoms with Crippen LogP contribution in [-0.4, -0.2) is 34.6 Å². The summed E-state index contributed by atoms with van der Waals surface area (Å²) in [7, 11) is 0. The number of hydrogen-bond donors (Lipinski definition) is 1. The van der Waals surface area contributed by atoms with Crippen molar-refractivity contribution in [1.82, 2.24) is 10.2 Å². The third-order valence-corrected chi connectivity index (χ3v) is 5.98. The van der Waals surface area contributed by atoms with E-state index in [4.69, 9.17) is 11.6 Å². The Kier molecular flexibility index (Phi) is 10.2. The molecule has 0 spiro atoms. The molecule has 2 aromatic rings. The number of nitrogens with one attached hydrogen (secondary N) is 1. The van der Waals surface area contributed by atoms with E-state index < -0.39 is 6.04 Å². The molecule has 0 bridgehead atoms. The van der Waals surface area contributed by atoms with Crippen molar-refractivity contribution in [3.63, 3.8) is 0 Å². The maximum absolute atomic E-state index is 13.1. The van der Waals surface area contributed by atoms with Crippen molar-refractivity contribution in [1.29, 1.82) is 0 Å². The Hall–Kier alpha value is -1.98. The van der Waals surface area contributed by atoms with Crippen molar-refractivity contribution in [2.75, 3.05) is 5.75 Å². The molecule has 6 heteroatoms. The van der Waals surface area contributed by atoms with Crippen LogP contribution in [0, 0.1) is 0 Å². The van der Waals surface area contributed by atoms with Gasteiger partial charge >= 0.3 is 0 Å². The molecule has 4 nitrogen and oxygen atoms in total. The second-order valence-corrected chi connectivity index (χ2v) is 9.11. The lowest BCUT2D eigenvalue weighted by Gasteiger charge is -2.31. The van der Waals surface area contributed by atoms with Gasteiger partial charge in [0.2, 0.25) is 11.8 Å². The smallest absolute Gasteiger partial charge is 0.243 e. The lowest BCUT2D eigenvalue weighted by atomic mass is 10.1. The van der Waals surface area contributed by atoms with E-state index in [1.165, 1.54) is 0 Å². The molecule has 0 fully saturated rings. The van der Waals surface area contributed by atoms with Crippen LogP contribution in [0.25, 0.3) is 0 Å². The third-order valence-electron chi connectivity index (χ3n) is 4.63. The number of carbonyl (C=O) groups excluding carboxylic acids is 2. The Balaban J connectivity index is 2.01. The number of rotatable bonds is 11. The second-order valence-electron chi connectivity index (χ2n) is 7.50. The molecule has 30 heavy (non-hydrogen) atoms. The summed E-state index contributed by atoms with van der Waals surface area (Å²) in [6.07, 6.45) is 1.75. The number of nitrogens with zero attached hydrogens (tertiary/aromatic N) is 1. The first-order valence-corrected chi connectivity index (χ1v) is 11.8. The summed E-state index contributed by atoms with van der Waals surface area (Å²) in [4.78, 5) is 28.7. The zero-order valence-corrected chi connectivity index (χ0v) is 19.5. The van der Waals surface area contributed by atoms with Crippen LogP contribution in [0.1, 0.15) is 45.6 Å². The average molecular weight is 447 g/mol. The normalized spacial score (nSPS) is 11.9. The monoisotopic (exact) mass is 446 g/mol. The van der Waals surface area contributed by atoms with Crippen molar-refractivity contribution in [3.05, 3.63) is 65.2 Å². The Bertz CT molecular complexity index is 797. The van der Waals surface area contributed by atoms with Gasteiger partial charge in [0.1, 0.15) is 6.04 Å². The molecule has 2 rings (SSSR count). The van der Waals surface area contributed by atoms with Crippen LogP contribution in [-0.2, 0) is 16.1 Å². The van der Waals surface area contributed by atoms with E-state index in [0.717, 1.165) is 27.7 Å². The first-order chi connectivity index (χ1) is 14.4. The predicted molar refractivity (Wildman–Crippen MR) is 126 cm³/mol. The molecular weight excluding hydrogens is 416 g/mol. The van der Waals surface area contributed by atoms with Gasteiger partial charge in [-0.1, -0.05) is 48.9 Å². The van der Waals surface area contributed by atoms with Crippen LogP contribution >= 0.6 is 23.4 Å². The van der Waals surface area contributed by atoms with E-state index in [0.29, 0.717) is 19.4 Å². The SMILES string of the molecule is CCC(C(=O)NC(C)C)N(Cc1ccccc1)C(=O)CCCSc1ccc(Cl)cc1. The zero-order valence-electron chi connectivity index (χ0n) is 17.9. The minimum absolute atomic E-state index is 0.0151. The summed E-state index contributed by atoms with van der Waals surface area (Å²) in [5, 5.41) is 3.68. The van der Waals surface area contributed by atoms with Gasteiger partial charge in [0.05, 0.1) is 0 Å². The maximum Gasteiger partial charge on any atom is 0.243 e. The third kappa shape index (κ3) is 8.04. The van der Waals surface area contributed by atoms with E-state index in [-0.39, 0.29) is 17.9 Å². The first kappa shape index (κ1) is 24.3. The molecule has 0 aromatic heterocycles. The van der Waals surface area contributed by atoms with Gasteiger partial charge in [-0.05, 0) is 62.3 Å². The molecule has 1 N–H and O–H groups in total. The molecule has 0 radical (unpaired) electrons. The summed E-state index contributed by atoms with van der Waals surface area (Å²) in [6, 6.07) is 17.1. The molecule has 2 aromatic carbocycles. The molecule has 162 valence electrons. The van der Waals surface area contributed by atoms with E-state index in [2.05, 4.69) is 5.32 Å². The molecule has 0 saturated carbocycles. The molecule has 2 amide bonds. The zero-order chi connectivity index (χ0) is 21.9. The fourth-order valence-electron chi connectivity index (χ4n) is 3.17. The molecule has 0 aliphatic rings. The first-order valence-electron chi connectivity index (χ1n) is 10.4. The van der Waals surface area contributed by atoms with Crippen molar-refractivity contribution < 1.29 is 9.59 Å². The lowest BCUT2D eigenvalue weighted by Crippen LogP contribution is -2.50. The Labute approximate surface area is 189 Å². The average Bonchev–Trinajstić information content (AvgIpc) is 2.72. The van der Waals surface area contributed by atoms with Crippen LogP contribution < -0.4 is 5.32 Å². The summed E-state index contributed by atoms with van der Waals surface area (Å²) >= 11 is 7.63. The number of thioether (sulfide) groups is 1. The van der Waals surface area contributed by atoms with Crippen LogP contribution in [0.3, 0.4) is 0 Å². The van der Waals surface area contributed by atoms with Gasteiger partial charge in [-0.15, -0.1) is 11.8 Å². The van der Waals surface area contributed by atoms with Crippen LogP contribution in [0.4, 0.5) is 0 Å². The van der Waals surface area contributed by atoms with E-state index in [9.17, 15) is 9.59 Å². The van der Waals surface area contributed by atoms with Crippen molar-refractivity contribution >= 4 is 35.2 Å². The number of benzene rings is 2. The minimum Gasteiger partial charge on any atom is -0.352 e. The standard InChI is InChI=1S/C24H31ClN2O2S/c1-4-22(24(29)26-18(2)3)27(17-19-9-6-5-7-10-19)23(28)11-8-16-30-21-14-12-20(25)13-15-21/h5-7,9-10,12-15,18,22H,4,8,11,16-17H2,1-3H3,(H,26,29). The molecule has 1 unspecified atom stereocenters. The molecule has 0 saturated heterocycles. The van der Waals surface area contributed by atoms with Gasteiger partial charge in [-0.2, -0.15) is 0 Å². The maximum atomic E-state index is 13.1. The van der Waals surface area contributed by atoms with Crippen molar-refractivity contribution in [3.8, 4) is 0 Å². The van der Waals surface area contributed by atoms with Crippen molar-refractivity contribution in [2.45, 2.75) is 63.6 Å². The van der Waals surface area contributed by atoms with Gasteiger partial charge in [-0.25, -0.2) is 0 Å². The lowest BCUT2D eigenvalue weighted by molar-refractivity contribution is -0.141. The fourth-order valence-corrected chi connectivity index (χ4v) is 4.15. The summed E-state index contributed by atoms with van der Waals surface area (Å²) < 4.78 is 0. The summed E-state index contributed by atoms with van der Waals surface area (Å²) in [5.41, 5.74) is 1.03. The van der Waals surface area contributed by atoms with Gasteiger partial charge < -0.3 is 10.2 Å². The van der Waals surface area contributed by atoms with Crippen LogP contribution in [0.15, 0.2) is 59.5 Å². The van der Waals surface area contributed by atoms with Gasteiger partial charge in [0, 0.05) is 28.9 Å². The summed E-state index contributed by atoms with van der Waals surface area (Å²) in [6.45, 7) is 6.25. The Morgan fingerprint density at radius 1 is 1.07 bits per heavy atom. The highest BCUT2D eigenvalue weighted by molar-refractivity contribution is 7.99. The highest BCUT2D eigenvalue weighted by Gasteiger charge is 2.28. The second kappa shape index (κ2) is 12.7. The van der Waals surface area contributed by atoms with E-state index >= 15 is 0 Å². The van der Waals surface area contributed by atoms with Crippen LogP contribution in [0.2, 0.25) is 5.02 Å². The van der Waals surface area contributed by atoms with Crippen molar-refractivity contribution in [2.24, 2.45) is 0 Å². The van der Waals surface area contributed by atoms with Gasteiger partial charge in [0.25, 0.3) is 0 Å². The number of amides is 2. The summed E-state index contributed by atoms with van der Waals surface area (Å²) in [5.74, 6) is 0.760. The molecule has 0 aliphatic carbocycles. The highest BCUT2D eigenvalue weighted by Crippen LogP contribution is 2.22. The fraction of sp³-hybridized carbons (Fsp3) is 0.417. The molecule has 0 heterocycles. The number of halogens is 1. The van der Waals surface area contributed by atoms with Crippen LogP contribution in [0.5, 0.6) is 0 Å². The van der Waals surface area contributed by atoms with Gasteiger partial charge in [0.15, 0.2) is 0 Å². The largest absolute Gasteiger partial charge is 0.352 e. The topological polar surface area (TPSA) is 49.4 Å². The predicted octanol–water partition coefficient (Wildman–Crippen LogP) is 5.54. The van der Waals surface area contributed by atoms with E-state index in [1.54, 1.807) is 16.7 Å². The molecular formula is C24H31ClN2O2S. The van der Waals surface area contributed by atoms with Gasteiger partial charge in [-0.3, -0.25) is 9.59 Å². The molecule has 1 atom stereocenters. The van der Waals surface area contributed by atoms with E-state index in [1.807, 2.05) is 75.4 Å². The molecule has 0 aliphatic heterocycles.